The van der Waals surface area contributed by atoms with E-state index in [4.69, 9.17) is 9.15 Å². The summed E-state index contributed by atoms with van der Waals surface area (Å²) in [7, 11) is 1.65. The number of methoxy groups -OCH3 is 1. The summed E-state index contributed by atoms with van der Waals surface area (Å²) in [6.07, 6.45) is 2.54. The molecule has 4 rings (SSSR count). The van der Waals surface area contributed by atoms with E-state index >= 15 is 0 Å². The average Bonchev–Trinajstić information content (AvgIpc) is 3.40. The van der Waals surface area contributed by atoms with Gasteiger partial charge in [-0.25, -0.2) is 0 Å². The van der Waals surface area contributed by atoms with Gasteiger partial charge in [0, 0.05) is 11.6 Å². The predicted molar refractivity (Wildman–Crippen MR) is 99.8 cm³/mol. The highest BCUT2D eigenvalue weighted by Gasteiger charge is 2.32. The molecule has 0 radical (unpaired) electrons. The Balaban J connectivity index is 1.43. The number of nitrogens with zero attached hydrogens (tertiary/aromatic N) is 2. The van der Waals surface area contributed by atoms with Crippen LogP contribution >= 0.6 is 0 Å². The molecule has 1 atom stereocenters. The quantitative estimate of drug-likeness (QED) is 0.689. The highest BCUT2D eigenvalue weighted by Crippen LogP contribution is 2.41. The third kappa shape index (κ3) is 3.78. The lowest BCUT2D eigenvalue weighted by atomic mass is 10.0. The number of aromatic nitrogens is 2. The minimum Gasteiger partial charge on any atom is -0.497 e. The Morgan fingerprint density at radius 3 is 2.46 bits per heavy atom. The average molecular weight is 349 g/mol. The molecule has 2 aromatic carbocycles. The molecule has 0 amide bonds. The molecule has 1 saturated carbocycles. The summed E-state index contributed by atoms with van der Waals surface area (Å²) in [5, 5.41) is 12.0. The zero-order chi connectivity index (χ0) is 17.9. The molecular weight excluding hydrogens is 326 g/mol. The molecule has 5 nitrogen and oxygen atoms in total. The normalized spacial score (nSPS) is 15.0. The van der Waals surface area contributed by atoms with Crippen molar-refractivity contribution in [3.05, 3.63) is 65.5 Å². The van der Waals surface area contributed by atoms with Crippen molar-refractivity contribution in [2.75, 3.05) is 7.11 Å². The molecule has 1 heterocycles. The number of hydrogen-bond donors (Lipinski definition) is 1. The molecule has 1 aliphatic rings. The van der Waals surface area contributed by atoms with Crippen molar-refractivity contribution in [2.45, 2.75) is 32.4 Å². The van der Waals surface area contributed by atoms with Gasteiger partial charge in [0.1, 0.15) is 5.75 Å². The number of rotatable bonds is 7. The minimum atomic E-state index is 0.340. The molecule has 0 saturated heterocycles. The van der Waals surface area contributed by atoms with Crippen molar-refractivity contribution in [3.63, 3.8) is 0 Å². The van der Waals surface area contributed by atoms with E-state index in [9.17, 15) is 0 Å². The van der Waals surface area contributed by atoms with Crippen molar-refractivity contribution in [1.29, 1.82) is 0 Å². The van der Waals surface area contributed by atoms with E-state index in [-0.39, 0.29) is 0 Å². The molecule has 1 fully saturated rings. The van der Waals surface area contributed by atoms with Crippen LogP contribution in [-0.4, -0.2) is 17.3 Å². The van der Waals surface area contributed by atoms with E-state index in [2.05, 4.69) is 46.7 Å². The van der Waals surface area contributed by atoms with Gasteiger partial charge < -0.3 is 14.5 Å². The minimum absolute atomic E-state index is 0.340. The molecule has 1 aromatic heterocycles. The van der Waals surface area contributed by atoms with Crippen LogP contribution < -0.4 is 10.1 Å². The van der Waals surface area contributed by atoms with Gasteiger partial charge in [-0.1, -0.05) is 29.8 Å². The maximum absolute atomic E-state index is 5.82. The fourth-order valence-corrected chi connectivity index (χ4v) is 3.13. The Bertz CT molecular complexity index is 852. The summed E-state index contributed by atoms with van der Waals surface area (Å²) < 4.78 is 11.0. The van der Waals surface area contributed by atoms with E-state index in [0.29, 0.717) is 30.3 Å². The van der Waals surface area contributed by atoms with Crippen molar-refractivity contribution in [2.24, 2.45) is 5.92 Å². The third-order valence-electron chi connectivity index (χ3n) is 4.81. The van der Waals surface area contributed by atoms with Crippen molar-refractivity contribution in [1.82, 2.24) is 15.5 Å². The van der Waals surface area contributed by atoms with Crippen molar-refractivity contribution in [3.8, 4) is 17.2 Å². The predicted octanol–water partition coefficient (Wildman–Crippen LogP) is 4.29. The zero-order valence-corrected chi connectivity index (χ0v) is 15.1. The van der Waals surface area contributed by atoms with Gasteiger partial charge >= 0.3 is 0 Å². The second-order valence-corrected chi connectivity index (χ2v) is 6.84. The molecule has 1 N–H and O–H groups in total. The van der Waals surface area contributed by atoms with Gasteiger partial charge in [0.25, 0.3) is 0 Å². The highest BCUT2D eigenvalue weighted by molar-refractivity contribution is 5.53. The molecular formula is C21H23N3O2. The zero-order valence-electron chi connectivity index (χ0n) is 15.1. The second-order valence-electron chi connectivity index (χ2n) is 6.84. The summed E-state index contributed by atoms with van der Waals surface area (Å²) in [6, 6.07) is 16.7. The van der Waals surface area contributed by atoms with Gasteiger partial charge in [-0.2, -0.15) is 0 Å². The lowest BCUT2D eigenvalue weighted by Crippen LogP contribution is -2.22. The topological polar surface area (TPSA) is 60.2 Å². The first-order chi connectivity index (χ1) is 12.7. The maximum atomic E-state index is 5.82. The molecule has 5 heteroatoms. The van der Waals surface area contributed by atoms with Gasteiger partial charge in [0.2, 0.25) is 11.8 Å². The van der Waals surface area contributed by atoms with Crippen molar-refractivity contribution >= 4 is 0 Å². The maximum Gasteiger partial charge on any atom is 0.247 e. The smallest absolute Gasteiger partial charge is 0.247 e. The Morgan fingerprint density at radius 2 is 1.81 bits per heavy atom. The fraction of sp³-hybridized carbons (Fsp3) is 0.333. The van der Waals surface area contributed by atoms with Crippen LogP contribution in [0.5, 0.6) is 5.75 Å². The standard InChI is InChI=1S/C21H23N3O2/c1-14-3-5-15(6-4-14)20(16-7-8-16)22-13-19-23-24-21(26-19)17-9-11-18(25-2)12-10-17/h3-6,9-12,16,20,22H,7-8,13H2,1-2H3/t20-/m0/s1. The molecule has 0 aliphatic heterocycles. The van der Waals surface area contributed by atoms with E-state index in [1.165, 1.54) is 24.0 Å². The lowest BCUT2D eigenvalue weighted by molar-refractivity contribution is 0.414. The number of nitrogens with one attached hydrogen (secondary N) is 1. The first-order valence-corrected chi connectivity index (χ1v) is 8.99. The molecule has 0 bridgehead atoms. The summed E-state index contributed by atoms with van der Waals surface area (Å²) in [5.41, 5.74) is 3.50. The van der Waals surface area contributed by atoms with Gasteiger partial charge in [-0.3, -0.25) is 0 Å². The van der Waals surface area contributed by atoms with Crippen LogP contribution in [0.25, 0.3) is 11.5 Å². The van der Waals surface area contributed by atoms with Crippen LogP contribution in [0, 0.1) is 12.8 Å². The van der Waals surface area contributed by atoms with Crippen LogP contribution in [-0.2, 0) is 6.54 Å². The van der Waals surface area contributed by atoms with E-state index in [1.54, 1.807) is 7.11 Å². The van der Waals surface area contributed by atoms with Crippen LogP contribution in [0.3, 0.4) is 0 Å². The van der Waals surface area contributed by atoms with E-state index in [1.807, 2.05) is 24.3 Å². The molecule has 3 aromatic rings. The Morgan fingerprint density at radius 1 is 1.08 bits per heavy atom. The monoisotopic (exact) mass is 349 g/mol. The van der Waals surface area contributed by atoms with Gasteiger partial charge in [-0.05, 0) is 55.5 Å². The summed E-state index contributed by atoms with van der Waals surface area (Å²) in [6.45, 7) is 2.68. The largest absolute Gasteiger partial charge is 0.497 e. The van der Waals surface area contributed by atoms with Gasteiger partial charge in [0.05, 0.1) is 13.7 Å². The summed E-state index contributed by atoms with van der Waals surface area (Å²) >= 11 is 0. The van der Waals surface area contributed by atoms with Gasteiger partial charge in [-0.15, -0.1) is 10.2 Å². The second kappa shape index (κ2) is 7.30. The number of ether oxygens (including phenoxy) is 1. The number of aryl methyl sites for hydroxylation is 1. The summed E-state index contributed by atoms with van der Waals surface area (Å²) in [4.78, 5) is 0. The number of benzene rings is 2. The van der Waals surface area contributed by atoms with Crippen LogP contribution in [0.1, 0.15) is 35.9 Å². The van der Waals surface area contributed by atoms with E-state index in [0.717, 1.165) is 11.3 Å². The Kier molecular flexibility index (Phi) is 4.71. The first kappa shape index (κ1) is 16.8. The highest BCUT2D eigenvalue weighted by atomic mass is 16.5. The van der Waals surface area contributed by atoms with Crippen LogP contribution in [0.2, 0.25) is 0 Å². The van der Waals surface area contributed by atoms with Crippen molar-refractivity contribution < 1.29 is 9.15 Å². The molecule has 0 unspecified atom stereocenters. The van der Waals surface area contributed by atoms with Gasteiger partial charge in [0.15, 0.2) is 0 Å². The van der Waals surface area contributed by atoms with Crippen LogP contribution in [0.4, 0.5) is 0 Å². The summed E-state index contributed by atoms with van der Waals surface area (Å²) in [5.74, 6) is 2.64. The van der Waals surface area contributed by atoms with E-state index < -0.39 is 0 Å². The molecule has 26 heavy (non-hydrogen) atoms. The first-order valence-electron chi connectivity index (χ1n) is 8.99. The third-order valence-corrected chi connectivity index (χ3v) is 4.81. The lowest BCUT2D eigenvalue weighted by Gasteiger charge is -2.18. The molecule has 1 aliphatic carbocycles. The van der Waals surface area contributed by atoms with Crippen LogP contribution in [0.15, 0.2) is 52.9 Å². The SMILES string of the molecule is COc1ccc(-c2nnc(CN[C@@H](c3ccc(C)cc3)C3CC3)o2)cc1. The Labute approximate surface area is 153 Å². The molecule has 134 valence electrons. The fourth-order valence-electron chi connectivity index (χ4n) is 3.13. The Hall–Kier alpha value is -2.66. The number of hydrogen-bond acceptors (Lipinski definition) is 5. The molecule has 0 spiro atoms.